The van der Waals surface area contributed by atoms with Gasteiger partial charge in [0.2, 0.25) is 21.8 Å². The van der Waals surface area contributed by atoms with E-state index in [1.54, 1.807) is 31.2 Å². The van der Waals surface area contributed by atoms with Crippen LogP contribution in [-0.2, 0) is 32.3 Å². The summed E-state index contributed by atoms with van der Waals surface area (Å²) in [4.78, 5) is 27.5. The van der Waals surface area contributed by atoms with E-state index in [1.807, 2.05) is 6.92 Å². The van der Waals surface area contributed by atoms with E-state index in [0.29, 0.717) is 22.4 Å². The van der Waals surface area contributed by atoms with Gasteiger partial charge in [0.25, 0.3) is 0 Å². The molecular weight excluding hydrogens is 599 g/mol. The van der Waals surface area contributed by atoms with Gasteiger partial charge in [-0.1, -0.05) is 46.6 Å². The van der Waals surface area contributed by atoms with E-state index in [2.05, 4.69) is 21.2 Å². The lowest BCUT2D eigenvalue weighted by Crippen LogP contribution is -2.52. The number of alkyl halides is 3. The van der Waals surface area contributed by atoms with Gasteiger partial charge >= 0.3 is 6.18 Å². The van der Waals surface area contributed by atoms with Crippen molar-refractivity contribution in [3.05, 3.63) is 63.1 Å². The number of nitrogens with zero attached hydrogens (tertiary/aromatic N) is 2. The number of amides is 2. The molecule has 0 saturated carbocycles. The van der Waals surface area contributed by atoms with E-state index in [4.69, 9.17) is 11.6 Å². The maximum atomic E-state index is 13.5. The minimum atomic E-state index is -4.84. The van der Waals surface area contributed by atoms with E-state index in [9.17, 15) is 31.2 Å². The third-order valence-corrected chi connectivity index (χ3v) is 7.66. The lowest BCUT2D eigenvalue weighted by Gasteiger charge is -2.32. The van der Waals surface area contributed by atoms with Crippen molar-refractivity contribution in [3.63, 3.8) is 0 Å². The summed E-state index contributed by atoms with van der Waals surface area (Å²) in [5.41, 5.74) is -0.954. The van der Waals surface area contributed by atoms with Crippen molar-refractivity contribution >= 4 is 55.1 Å². The smallest absolute Gasteiger partial charge is 0.352 e. The first-order valence-corrected chi connectivity index (χ1v) is 14.2. The number of hydrogen-bond acceptors (Lipinski definition) is 4. The summed E-state index contributed by atoms with van der Waals surface area (Å²) in [6.07, 6.45) is -3.41. The fourth-order valence-corrected chi connectivity index (χ4v) is 4.66. The molecule has 7 nitrogen and oxygen atoms in total. The number of nitrogens with one attached hydrogen (secondary N) is 1. The molecule has 37 heavy (non-hydrogen) atoms. The van der Waals surface area contributed by atoms with Crippen LogP contribution in [0.2, 0.25) is 5.02 Å². The van der Waals surface area contributed by atoms with Gasteiger partial charge in [-0.15, -0.1) is 0 Å². The van der Waals surface area contributed by atoms with Gasteiger partial charge in [0, 0.05) is 17.1 Å². The standard InChI is InChI=1S/C24H28BrClF3N3O4S/c1-5-15(2)30-23(34)16(3)31(13-17-6-8-18(25)9-7-17)22(33)14-32(37(4,35)36)19-10-11-21(26)20(12-19)24(27,28)29/h6-12,15-16H,5,13-14H2,1-4H3,(H,30,34)/t15-,16-/m1/s1. The molecule has 0 aliphatic heterocycles. The number of carbonyl (C=O) groups is 2. The van der Waals surface area contributed by atoms with Gasteiger partial charge in [-0.25, -0.2) is 8.42 Å². The van der Waals surface area contributed by atoms with Crippen molar-refractivity contribution in [2.45, 2.75) is 52.0 Å². The zero-order valence-corrected chi connectivity index (χ0v) is 23.8. The Kier molecular flexibility index (Phi) is 10.4. The quantitative estimate of drug-likeness (QED) is 0.392. The molecule has 0 fully saturated rings. The third-order valence-electron chi connectivity index (χ3n) is 5.66. The van der Waals surface area contributed by atoms with Crippen molar-refractivity contribution in [1.82, 2.24) is 10.2 Å². The first kappa shape index (κ1) is 30.9. The summed E-state index contributed by atoms with van der Waals surface area (Å²) in [6.45, 7) is 4.33. The molecule has 2 aromatic carbocycles. The Bertz CT molecular complexity index is 1230. The molecule has 0 bridgehead atoms. The molecule has 2 amide bonds. The van der Waals surface area contributed by atoms with Gasteiger partial charge in [-0.05, 0) is 56.2 Å². The SMILES string of the molecule is CC[C@@H](C)NC(=O)[C@@H](C)N(Cc1ccc(Br)cc1)C(=O)CN(c1ccc(Cl)c(C(F)(F)F)c1)S(C)(=O)=O. The zero-order valence-electron chi connectivity index (χ0n) is 20.6. The highest BCUT2D eigenvalue weighted by molar-refractivity contribution is 9.10. The molecular formula is C24H28BrClF3N3O4S. The van der Waals surface area contributed by atoms with Crippen LogP contribution in [0.15, 0.2) is 46.9 Å². The van der Waals surface area contributed by atoms with E-state index in [0.717, 1.165) is 22.9 Å². The van der Waals surface area contributed by atoms with Crippen LogP contribution in [0.1, 0.15) is 38.3 Å². The number of anilines is 1. The van der Waals surface area contributed by atoms with Gasteiger partial charge in [0.15, 0.2) is 0 Å². The van der Waals surface area contributed by atoms with Gasteiger partial charge in [-0.2, -0.15) is 13.2 Å². The highest BCUT2D eigenvalue weighted by atomic mass is 79.9. The van der Waals surface area contributed by atoms with Gasteiger partial charge in [-0.3, -0.25) is 13.9 Å². The molecule has 2 atom stereocenters. The summed E-state index contributed by atoms with van der Waals surface area (Å²) >= 11 is 9.00. The normalized spacial score (nSPS) is 13.5. The maximum absolute atomic E-state index is 13.5. The third kappa shape index (κ3) is 8.61. The van der Waals surface area contributed by atoms with E-state index in [1.165, 1.54) is 11.8 Å². The number of rotatable bonds is 10. The maximum Gasteiger partial charge on any atom is 0.417 e. The molecule has 2 aromatic rings. The molecule has 2 rings (SSSR count). The number of sulfonamides is 1. The minimum Gasteiger partial charge on any atom is -0.352 e. The van der Waals surface area contributed by atoms with Crippen molar-refractivity contribution in [1.29, 1.82) is 0 Å². The lowest BCUT2D eigenvalue weighted by atomic mass is 10.1. The second-order valence-electron chi connectivity index (χ2n) is 8.57. The molecule has 13 heteroatoms. The highest BCUT2D eigenvalue weighted by Gasteiger charge is 2.35. The average molecular weight is 627 g/mol. The van der Waals surface area contributed by atoms with E-state index < -0.39 is 51.2 Å². The molecule has 0 aliphatic carbocycles. The molecule has 0 spiro atoms. The number of halogens is 5. The van der Waals surface area contributed by atoms with Crippen LogP contribution in [0, 0.1) is 0 Å². The molecule has 0 radical (unpaired) electrons. The summed E-state index contributed by atoms with van der Waals surface area (Å²) in [5.74, 6) is -1.22. The fraction of sp³-hybridized carbons (Fsp3) is 0.417. The molecule has 0 aromatic heterocycles. The second kappa shape index (κ2) is 12.5. The first-order valence-electron chi connectivity index (χ1n) is 11.2. The fourth-order valence-electron chi connectivity index (χ4n) is 3.33. The van der Waals surface area contributed by atoms with Crippen molar-refractivity contribution in [2.24, 2.45) is 0 Å². The highest BCUT2D eigenvalue weighted by Crippen LogP contribution is 2.37. The number of carbonyl (C=O) groups excluding carboxylic acids is 2. The topological polar surface area (TPSA) is 86.8 Å². The lowest BCUT2D eigenvalue weighted by molar-refractivity contribution is -0.139. The summed E-state index contributed by atoms with van der Waals surface area (Å²) in [6, 6.07) is 8.38. The van der Waals surface area contributed by atoms with Crippen LogP contribution < -0.4 is 9.62 Å². The molecule has 0 saturated heterocycles. The van der Waals surface area contributed by atoms with Gasteiger partial charge in [0.1, 0.15) is 12.6 Å². The minimum absolute atomic E-state index is 0.0345. The molecule has 1 N–H and O–H groups in total. The molecule has 0 heterocycles. The van der Waals surface area contributed by atoms with E-state index >= 15 is 0 Å². The van der Waals surface area contributed by atoms with E-state index in [-0.39, 0.29) is 18.3 Å². The molecule has 0 aliphatic rings. The Labute approximate surface area is 228 Å². The number of hydrogen-bond donors (Lipinski definition) is 1. The Morgan fingerprint density at radius 3 is 2.22 bits per heavy atom. The monoisotopic (exact) mass is 625 g/mol. The largest absolute Gasteiger partial charge is 0.417 e. The predicted octanol–water partition coefficient (Wildman–Crippen LogP) is 5.22. The van der Waals surface area contributed by atoms with Gasteiger partial charge < -0.3 is 10.2 Å². The van der Waals surface area contributed by atoms with Crippen molar-refractivity contribution < 1.29 is 31.2 Å². The van der Waals surface area contributed by atoms with Gasteiger partial charge in [0.05, 0.1) is 22.5 Å². The Hall–Kier alpha value is -2.31. The predicted molar refractivity (Wildman–Crippen MR) is 141 cm³/mol. The summed E-state index contributed by atoms with van der Waals surface area (Å²) in [5, 5.41) is 2.19. The molecule has 0 unspecified atom stereocenters. The van der Waals surface area contributed by atoms with Crippen LogP contribution in [-0.4, -0.2) is 50.0 Å². The van der Waals surface area contributed by atoms with Crippen LogP contribution in [0.4, 0.5) is 18.9 Å². The Morgan fingerprint density at radius 1 is 1.11 bits per heavy atom. The van der Waals surface area contributed by atoms with Crippen LogP contribution >= 0.6 is 27.5 Å². The second-order valence-corrected chi connectivity index (χ2v) is 11.8. The van der Waals surface area contributed by atoms with Crippen LogP contribution in [0.5, 0.6) is 0 Å². The first-order chi connectivity index (χ1) is 17.0. The number of benzene rings is 2. The Balaban J connectivity index is 2.47. The van der Waals surface area contributed by atoms with Crippen LogP contribution in [0.25, 0.3) is 0 Å². The summed E-state index contributed by atoms with van der Waals surface area (Å²) < 4.78 is 66.7. The average Bonchev–Trinajstić information content (AvgIpc) is 2.80. The van der Waals surface area contributed by atoms with Crippen molar-refractivity contribution in [2.75, 3.05) is 17.1 Å². The summed E-state index contributed by atoms with van der Waals surface area (Å²) in [7, 11) is -4.20. The molecule has 204 valence electrons. The zero-order chi connectivity index (χ0) is 28.1. The Morgan fingerprint density at radius 2 is 1.70 bits per heavy atom. The van der Waals surface area contributed by atoms with Crippen LogP contribution in [0.3, 0.4) is 0 Å². The van der Waals surface area contributed by atoms with Crippen molar-refractivity contribution in [3.8, 4) is 0 Å².